The van der Waals surface area contributed by atoms with Gasteiger partial charge in [0.25, 0.3) is 5.91 Å². The molecule has 0 aliphatic carbocycles. The number of hydrogen-bond donors (Lipinski definition) is 2. The van der Waals surface area contributed by atoms with E-state index in [2.05, 4.69) is 5.32 Å². The van der Waals surface area contributed by atoms with E-state index >= 15 is 0 Å². The highest BCUT2D eigenvalue weighted by atomic mass is 16.4. The van der Waals surface area contributed by atoms with Crippen LogP contribution in [0.3, 0.4) is 0 Å². The fourth-order valence-electron chi connectivity index (χ4n) is 2.12. The molecule has 0 saturated carbocycles. The first-order chi connectivity index (χ1) is 9.81. The molecule has 1 aromatic carbocycles. The maximum absolute atomic E-state index is 12.1. The van der Waals surface area contributed by atoms with Gasteiger partial charge in [-0.2, -0.15) is 0 Å². The number of carboxylic acids is 1. The lowest BCUT2D eigenvalue weighted by Gasteiger charge is -2.15. The molecule has 21 heavy (non-hydrogen) atoms. The Hall–Kier alpha value is -1.84. The number of carbonyl (C=O) groups is 2. The third-order valence-electron chi connectivity index (χ3n) is 3.84. The normalized spacial score (nSPS) is 13.5. The monoisotopic (exact) mass is 291 g/mol. The molecule has 2 atom stereocenters. The molecule has 0 aromatic heterocycles. The van der Waals surface area contributed by atoms with Crippen LogP contribution in [0.2, 0.25) is 0 Å². The van der Waals surface area contributed by atoms with Gasteiger partial charge < -0.3 is 10.4 Å². The molecule has 2 unspecified atom stereocenters. The summed E-state index contributed by atoms with van der Waals surface area (Å²) in [5.41, 5.74) is 2.94. The summed E-state index contributed by atoms with van der Waals surface area (Å²) in [6.45, 7) is 7.66. The van der Waals surface area contributed by atoms with Crippen LogP contribution in [-0.4, -0.2) is 23.0 Å². The number of rotatable bonds is 7. The van der Waals surface area contributed by atoms with E-state index in [9.17, 15) is 9.59 Å². The third-order valence-corrected chi connectivity index (χ3v) is 3.84. The molecule has 4 nitrogen and oxygen atoms in total. The van der Waals surface area contributed by atoms with Gasteiger partial charge in [-0.25, -0.2) is 0 Å². The fraction of sp³-hybridized carbons (Fsp3) is 0.529. The average molecular weight is 291 g/mol. The topological polar surface area (TPSA) is 66.4 Å². The Morgan fingerprint density at radius 2 is 1.81 bits per heavy atom. The van der Waals surface area contributed by atoms with Crippen LogP contribution >= 0.6 is 0 Å². The van der Waals surface area contributed by atoms with E-state index in [1.165, 1.54) is 5.56 Å². The maximum atomic E-state index is 12.1. The van der Waals surface area contributed by atoms with Crippen LogP contribution in [-0.2, 0) is 4.79 Å². The van der Waals surface area contributed by atoms with Crippen molar-refractivity contribution in [1.82, 2.24) is 5.32 Å². The van der Waals surface area contributed by atoms with Crippen LogP contribution in [0.5, 0.6) is 0 Å². The zero-order chi connectivity index (χ0) is 16.0. The molecule has 0 bridgehead atoms. The molecule has 0 radical (unpaired) electrons. The van der Waals surface area contributed by atoms with Crippen molar-refractivity contribution < 1.29 is 14.7 Å². The van der Waals surface area contributed by atoms with E-state index in [1.54, 1.807) is 6.92 Å². The number of nitrogens with one attached hydrogen (secondary N) is 1. The molecule has 0 saturated heterocycles. The van der Waals surface area contributed by atoms with E-state index in [1.807, 2.05) is 39.0 Å². The second-order valence-electron chi connectivity index (χ2n) is 5.84. The molecule has 0 fully saturated rings. The standard InChI is InChI=1S/C17H25NO3/c1-11-8-9-15(10-13(11)3)16(19)18-14(4)7-5-6-12(2)17(20)21/h8-10,12,14H,5-7H2,1-4H3,(H,18,19)(H,20,21). The number of aliphatic carboxylic acids is 1. The Morgan fingerprint density at radius 1 is 1.14 bits per heavy atom. The van der Waals surface area contributed by atoms with Gasteiger partial charge in [0, 0.05) is 11.6 Å². The van der Waals surface area contributed by atoms with Gasteiger partial charge in [-0.05, 0) is 56.9 Å². The minimum absolute atomic E-state index is 0.0418. The zero-order valence-corrected chi connectivity index (χ0v) is 13.3. The summed E-state index contributed by atoms with van der Waals surface area (Å²) in [6.07, 6.45) is 2.22. The van der Waals surface area contributed by atoms with Gasteiger partial charge in [-0.3, -0.25) is 9.59 Å². The summed E-state index contributed by atoms with van der Waals surface area (Å²) in [7, 11) is 0. The summed E-state index contributed by atoms with van der Waals surface area (Å²) < 4.78 is 0. The van der Waals surface area contributed by atoms with Crippen LogP contribution in [0.1, 0.15) is 54.6 Å². The summed E-state index contributed by atoms with van der Waals surface area (Å²) in [4.78, 5) is 22.8. The largest absolute Gasteiger partial charge is 0.481 e. The van der Waals surface area contributed by atoms with Crippen LogP contribution in [0.4, 0.5) is 0 Å². The highest BCUT2D eigenvalue weighted by Gasteiger charge is 2.13. The molecule has 0 aliphatic heterocycles. The molecule has 4 heteroatoms. The second kappa shape index (κ2) is 7.81. The summed E-state index contributed by atoms with van der Waals surface area (Å²) >= 11 is 0. The van der Waals surface area contributed by atoms with Crippen LogP contribution < -0.4 is 5.32 Å². The van der Waals surface area contributed by atoms with Crippen molar-refractivity contribution in [2.45, 2.75) is 53.0 Å². The molecule has 0 heterocycles. The highest BCUT2D eigenvalue weighted by Crippen LogP contribution is 2.12. The molecular weight excluding hydrogens is 266 g/mol. The summed E-state index contributed by atoms with van der Waals surface area (Å²) in [6, 6.07) is 5.71. The number of carbonyl (C=O) groups excluding carboxylic acids is 1. The highest BCUT2D eigenvalue weighted by molar-refractivity contribution is 5.94. The minimum Gasteiger partial charge on any atom is -0.481 e. The Bertz CT molecular complexity index is 511. The Balaban J connectivity index is 2.43. The van der Waals surface area contributed by atoms with E-state index in [0.29, 0.717) is 12.0 Å². The summed E-state index contributed by atoms with van der Waals surface area (Å²) in [5, 5.41) is 11.8. The molecule has 0 aliphatic rings. The Labute approximate surface area is 126 Å². The van der Waals surface area contributed by atoms with Gasteiger partial charge >= 0.3 is 5.97 Å². The lowest BCUT2D eigenvalue weighted by atomic mass is 10.0. The molecule has 2 N–H and O–H groups in total. The first kappa shape index (κ1) is 17.2. The third kappa shape index (κ3) is 5.58. The van der Waals surface area contributed by atoms with E-state index in [4.69, 9.17) is 5.11 Å². The van der Waals surface area contributed by atoms with Crippen molar-refractivity contribution in [2.24, 2.45) is 5.92 Å². The van der Waals surface area contributed by atoms with Crippen molar-refractivity contribution in [2.75, 3.05) is 0 Å². The minimum atomic E-state index is -0.762. The maximum Gasteiger partial charge on any atom is 0.306 e. The Morgan fingerprint density at radius 3 is 2.38 bits per heavy atom. The average Bonchev–Trinajstić information content (AvgIpc) is 2.41. The molecular formula is C17H25NO3. The lowest BCUT2D eigenvalue weighted by Crippen LogP contribution is -2.32. The molecule has 1 aromatic rings. The van der Waals surface area contributed by atoms with Crippen LogP contribution in [0.15, 0.2) is 18.2 Å². The fourth-order valence-corrected chi connectivity index (χ4v) is 2.12. The lowest BCUT2D eigenvalue weighted by molar-refractivity contribution is -0.141. The van der Waals surface area contributed by atoms with Gasteiger partial charge in [0.2, 0.25) is 0 Å². The van der Waals surface area contributed by atoms with E-state index in [0.717, 1.165) is 18.4 Å². The first-order valence-corrected chi connectivity index (χ1v) is 7.42. The van der Waals surface area contributed by atoms with Crippen molar-refractivity contribution in [1.29, 1.82) is 0 Å². The van der Waals surface area contributed by atoms with Crippen LogP contribution in [0, 0.1) is 19.8 Å². The smallest absolute Gasteiger partial charge is 0.306 e. The zero-order valence-electron chi connectivity index (χ0n) is 13.3. The number of carboxylic acid groups (broad SMARTS) is 1. The van der Waals surface area contributed by atoms with E-state index < -0.39 is 5.97 Å². The van der Waals surface area contributed by atoms with Crippen LogP contribution in [0.25, 0.3) is 0 Å². The predicted molar refractivity (Wildman–Crippen MR) is 83.5 cm³/mol. The Kier molecular flexibility index (Phi) is 6.40. The summed E-state index contributed by atoms with van der Waals surface area (Å²) in [5.74, 6) is -1.16. The van der Waals surface area contributed by atoms with Gasteiger partial charge in [0.15, 0.2) is 0 Å². The molecule has 1 amide bonds. The SMILES string of the molecule is Cc1ccc(C(=O)NC(C)CCCC(C)C(=O)O)cc1C. The van der Waals surface area contributed by atoms with Crippen molar-refractivity contribution in [3.63, 3.8) is 0 Å². The number of hydrogen-bond acceptors (Lipinski definition) is 2. The van der Waals surface area contributed by atoms with Crippen molar-refractivity contribution >= 4 is 11.9 Å². The number of benzene rings is 1. The molecule has 1 rings (SSSR count). The van der Waals surface area contributed by atoms with Crippen molar-refractivity contribution in [3.8, 4) is 0 Å². The van der Waals surface area contributed by atoms with Gasteiger partial charge in [0.05, 0.1) is 5.92 Å². The number of aryl methyl sites for hydroxylation is 2. The number of amides is 1. The van der Waals surface area contributed by atoms with E-state index in [-0.39, 0.29) is 17.9 Å². The predicted octanol–water partition coefficient (Wildman–Crippen LogP) is 3.31. The van der Waals surface area contributed by atoms with Gasteiger partial charge in [0.1, 0.15) is 0 Å². The molecule has 0 spiro atoms. The first-order valence-electron chi connectivity index (χ1n) is 7.42. The molecule has 116 valence electrons. The quantitative estimate of drug-likeness (QED) is 0.810. The van der Waals surface area contributed by atoms with Crippen molar-refractivity contribution in [3.05, 3.63) is 34.9 Å². The van der Waals surface area contributed by atoms with Gasteiger partial charge in [-0.1, -0.05) is 19.4 Å². The second-order valence-corrected chi connectivity index (χ2v) is 5.84. The van der Waals surface area contributed by atoms with Gasteiger partial charge in [-0.15, -0.1) is 0 Å².